The van der Waals surface area contributed by atoms with Crippen molar-refractivity contribution >= 4 is 22.6 Å². The molecule has 0 radical (unpaired) electrons. The summed E-state index contributed by atoms with van der Waals surface area (Å²) in [5.41, 5.74) is 7.37. The molecule has 4 rings (SSSR count). The van der Waals surface area contributed by atoms with Gasteiger partial charge < -0.3 is 11.1 Å². The van der Waals surface area contributed by atoms with Crippen LogP contribution in [-0.4, -0.2) is 37.2 Å². The molecule has 0 aliphatic heterocycles. The number of rotatable bonds is 7. The van der Waals surface area contributed by atoms with Gasteiger partial charge in [-0.15, -0.1) is 5.10 Å². The largest absolute Gasteiger partial charge is 0.382 e. The molecule has 2 heterocycles. The van der Waals surface area contributed by atoms with Crippen molar-refractivity contribution in [1.82, 2.24) is 30.1 Å². The number of nitrogens with one attached hydrogen (secondary N) is 1. The van der Waals surface area contributed by atoms with Gasteiger partial charge in [0.05, 0.1) is 16.8 Å². The Bertz CT molecular complexity index is 1420. The number of aromatic nitrogens is 5. The van der Waals surface area contributed by atoms with Crippen LogP contribution in [0.4, 0.5) is 10.2 Å². The number of carbonyl (C=O) groups is 1. The van der Waals surface area contributed by atoms with Crippen LogP contribution in [-0.2, 0) is 17.8 Å². The van der Waals surface area contributed by atoms with Crippen molar-refractivity contribution in [3.05, 3.63) is 76.0 Å². The van der Waals surface area contributed by atoms with Gasteiger partial charge in [-0.25, -0.2) is 13.8 Å². The fraction of sp³-hybridized carbons (Fsp3) is 0.182. The average Bonchev–Trinajstić information content (AvgIpc) is 3.14. The highest BCUT2D eigenvalue weighted by molar-refractivity contribution is 5.78. The lowest BCUT2D eigenvalue weighted by Gasteiger charge is -2.06. The maximum atomic E-state index is 13.2. The van der Waals surface area contributed by atoms with Crippen molar-refractivity contribution in [3.8, 4) is 11.8 Å². The van der Waals surface area contributed by atoms with E-state index in [-0.39, 0.29) is 17.9 Å². The van der Waals surface area contributed by atoms with E-state index in [2.05, 4.69) is 20.7 Å². The number of hydrogen-bond donors (Lipinski definition) is 2. The fourth-order valence-corrected chi connectivity index (χ4v) is 3.36. The summed E-state index contributed by atoms with van der Waals surface area (Å²) in [5.74, 6) is -0.617. The number of fused-ring (bicyclic) bond motifs is 1. The van der Waals surface area contributed by atoms with Gasteiger partial charge in [0.1, 0.15) is 35.3 Å². The highest BCUT2D eigenvalue weighted by Gasteiger charge is 2.16. The van der Waals surface area contributed by atoms with E-state index < -0.39 is 17.3 Å². The lowest BCUT2D eigenvalue weighted by molar-refractivity contribution is -0.121. The molecule has 0 spiro atoms. The molecule has 0 saturated carbocycles. The number of amides is 1. The van der Waals surface area contributed by atoms with E-state index >= 15 is 0 Å². The van der Waals surface area contributed by atoms with Gasteiger partial charge in [0.2, 0.25) is 5.91 Å². The van der Waals surface area contributed by atoms with Gasteiger partial charge in [0.15, 0.2) is 0 Å². The number of benzene rings is 2. The molecule has 11 heteroatoms. The van der Waals surface area contributed by atoms with Crippen LogP contribution in [0.5, 0.6) is 0 Å². The second-order valence-corrected chi connectivity index (χ2v) is 7.23. The van der Waals surface area contributed by atoms with E-state index in [0.717, 1.165) is 4.68 Å². The maximum absolute atomic E-state index is 13.2. The molecular weight excluding hydrogens is 427 g/mol. The van der Waals surface area contributed by atoms with Crippen LogP contribution in [0.3, 0.4) is 0 Å². The molecule has 2 aromatic carbocycles. The number of nitrogens with zero attached hydrogens (tertiary/aromatic N) is 6. The van der Waals surface area contributed by atoms with Crippen LogP contribution >= 0.6 is 0 Å². The lowest BCUT2D eigenvalue weighted by Crippen LogP contribution is -2.34. The highest BCUT2D eigenvalue weighted by Crippen LogP contribution is 2.21. The van der Waals surface area contributed by atoms with E-state index in [1.807, 2.05) is 6.07 Å². The zero-order chi connectivity index (χ0) is 23.4. The van der Waals surface area contributed by atoms with Crippen molar-refractivity contribution in [2.75, 3.05) is 12.3 Å². The SMILES string of the molecule is N#Cc1c(CCCNC(=O)Cn2nnc3ccccc3c2=O)nn(-c2ccc(F)cc2)c1N. The Balaban J connectivity index is 1.36. The predicted molar refractivity (Wildman–Crippen MR) is 118 cm³/mol. The Morgan fingerprint density at radius 2 is 1.94 bits per heavy atom. The van der Waals surface area contributed by atoms with E-state index in [1.165, 1.54) is 28.9 Å². The maximum Gasteiger partial charge on any atom is 0.278 e. The molecule has 0 fully saturated rings. The third kappa shape index (κ3) is 4.54. The Hall–Kier alpha value is -4.59. The highest BCUT2D eigenvalue weighted by atomic mass is 19.1. The van der Waals surface area contributed by atoms with E-state index in [0.29, 0.717) is 41.7 Å². The Morgan fingerprint density at radius 1 is 1.18 bits per heavy atom. The van der Waals surface area contributed by atoms with Crippen LogP contribution < -0.4 is 16.6 Å². The van der Waals surface area contributed by atoms with Gasteiger partial charge in [-0.05, 0) is 49.2 Å². The van der Waals surface area contributed by atoms with Crippen molar-refractivity contribution < 1.29 is 9.18 Å². The van der Waals surface area contributed by atoms with Gasteiger partial charge in [0, 0.05) is 6.54 Å². The molecule has 2 aromatic heterocycles. The van der Waals surface area contributed by atoms with Crippen molar-refractivity contribution in [1.29, 1.82) is 5.26 Å². The summed E-state index contributed by atoms with van der Waals surface area (Å²) in [4.78, 5) is 24.7. The normalized spacial score (nSPS) is 10.8. The van der Waals surface area contributed by atoms with Crippen molar-refractivity contribution in [2.45, 2.75) is 19.4 Å². The number of hydrogen-bond acceptors (Lipinski definition) is 7. The smallest absolute Gasteiger partial charge is 0.278 e. The summed E-state index contributed by atoms with van der Waals surface area (Å²) < 4.78 is 15.6. The quantitative estimate of drug-likeness (QED) is 0.407. The molecule has 4 aromatic rings. The number of aryl methyl sites for hydroxylation is 1. The molecule has 0 saturated heterocycles. The summed E-state index contributed by atoms with van der Waals surface area (Å²) in [5, 5.41) is 24.7. The molecule has 166 valence electrons. The first kappa shape index (κ1) is 21.6. The third-order valence-corrected chi connectivity index (χ3v) is 5.01. The standard InChI is InChI=1S/C22H19FN8O2/c23-14-7-9-15(10-8-14)31-21(25)17(12-24)19(28-31)6-3-11-26-20(32)13-30-22(33)16-4-1-2-5-18(16)27-29-30/h1-2,4-5,7-10H,3,6,11,13,25H2,(H,26,32). The molecule has 0 unspecified atom stereocenters. The topological polar surface area (TPSA) is 145 Å². The van der Waals surface area contributed by atoms with E-state index in [4.69, 9.17) is 5.73 Å². The van der Waals surface area contributed by atoms with E-state index in [1.54, 1.807) is 24.3 Å². The fourth-order valence-electron chi connectivity index (χ4n) is 3.36. The van der Waals surface area contributed by atoms with Crippen LogP contribution in [0.25, 0.3) is 16.6 Å². The number of carbonyl (C=O) groups excluding carboxylic acids is 1. The molecule has 33 heavy (non-hydrogen) atoms. The second-order valence-electron chi connectivity index (χ2n) is 7.23. The van der Waals surface area contributed by atoms with Crippen LogP contribution in [0.2, 0.25) is 0 Å². The minimum atomic E-state index is -0.392. The van der Waals surface area contributed by atoms with Crippen LogP contribution in [0, 0.1) is 17.1 Å². The van der Waals surface area contributed by atoms with Gasteiger partial charge in [-0.1, -0.05) is 17.3 Å². The molecule has 0 atom stereocenters. The molecule has 0 aliphatic rings. The van der Waals surface area contributed by atoms with Gasteiger partial charge >= 0.3 is 0 Å². The van der Waals surface area contributed by atoms with Crippen molar-refractivity contribution in [2.24, 2.45) is 0 Å². The molecule has 0 bridgehead atoms. The summed E-state index contributed by atoms with van der Waals surface area (Å²) in [6.45, 7) is 0.0367. The molecule has 10 nitrogen and oxygen atoms in total. The Kier molecular flexibility index (Phi) is 6.08. The number of anilines is 1. The zero-order valence-corrected chi connectivity index (χ0v) is 17.4. The van der Waals surface area contributed by atoms with Crippen LogP contribution in [0.15, 0.2) is 53.3 Å². The number of nitrogen functional groups attached to an aromatic ring is 1. The average molecular weight is 446 g/mol. The van der Waals surface area contributed by atoms with Gasteiger partial charge in [0.25, 0.3) is 5.56 Å². The zero-order valence-electron chi connectivity index (χ0n) is 17.4. The first-order valence-electron chi connectivity index (χ1n) is 10.1. The van der Waals surface area contributed by atoms with Crippen molar-refractivity contribution in [3.63, 3.8) is 0 Å². The molecule has 0 aliphatic carbocycles. The number of nitriles is 1. The summed E-state index contributed by atoms with van der Waals surface area (Å²) in [6.07, 6.45) is 0.871. The summed E-state index contributed by atoms with van der Waals surface area (Å²) in [7, 11) is 0. The molecular formula is C22H19FN8O2. The lowest BCUT2D eigenvalue weighted by atomic mass is 10.1. The Morgan fingerprint density at radius 3 is 2.70 bits per heavy atom. The second kappa shape index (κ2) is 9.27. The summed E-state index contributed by atoms with van der Waals surface area (Å²) >= 11 is 0. The van der Waals surface area contributed by atoms with E-state index in [9.17, 15) is 19.2 Å². The van der Waals surface area contributed by atoms with Crippen LogP contribution in [0.1, 0.15) is 17.7 Å². The Labute approximate surface area is 187 Å². The van der Waals surface area contributed by atoms with Gasteiger partial charge in [-0.3, -0.25) is 9.59 Å². The van der Waals surface area contributed by atoms with Gasteiger partial charge in [-0.2, -0.15) is 10.4 Å². The first-order valence-corrected chi connectivity index (χ1v) is 10.1. The third-order valence-electron chi connectivity index (χ3n) is 5.01. The molecule has 1 amide bonds. The first-order chi connectivity index (χ1) is 16.0. The monoisotopic (exact) mass is 446 g/mol. The molecule has 3 N–H and O–H groups in total. The number of nitrogens with two attached hydrogens (primary N) is 1. The minimum Gasteiger partial charge on any atom is -0.382 e. The summed E-state index contributed by atoms with van der Waals surface area (Å²) in [6, 6.07) is 14.4. The number of halogens is 1. The minimum absolute atomic E-state index is 0.164. The predicted octanol–water partition coefficient (Wildman–Crippen LogP) is 1.32.